The zero-order valence-corrected chi connectivity index (χ0v) is 26.1. The van der Waals surface area contributed by atoms with Crippen LogP contribution in [0.5, 0.6) is 0 Å². The number of rotatable bonds is 17. The summed E-state index contributed by atoms with van der Waals surface area (Å²) in [4.78, 5) is 23.7. The second-order valence-electron chi connectivity index (χ2n) is 13.3. The van der Waals surface area contributed by atoms with E-state index in [2.05, 4.69) is 61.6 Å². The highest BCUT2D eigenvalue weighted by Crippen LogP contribution is 2.47. The largest absolute Gasteiger partial charge is 0.454 e. The van der Waals surface area contributed by atoms with Crippen molar-refractivity contribution >= 4 is 11.9 Å². The molecule has 0 saturated heterocycles. The van der Waals surface area contributed by atoms with Crippen LogP contribution in [0.4, 0.5) is 0 Å². The van der Waals surface area contributed by atoms with Crippen LogP contribution in [-0.4, -0.2) is 46.6 Å². The first-order chi connectivity index (χ1) is 16.6. The van der Waals surface area contributed by atoms with Crippen LogP contribution in [0.15, 0.2) is 25.3 Å². The summed E-state index contributed by atoms with van der Waals surface area (Å²) in [5, 5.41) is 0. The van der Waals surface area contributed by atoms with Gasteiger partial charge in [0.05, 0.1) is 23.4 Å². The predicted molar refractivity (Wildman–Crippen MR) is 151 cm³/mol. The lowest BCUT2D eigenvalue weighted by molar-refractivity contribution is -0.195. The van der Waals surface area contributed by atoms with Crippen LogP contribution in [0.3, 0.4) is 0 Å². The van der Waals surface area contributed by atoms with E-state index < -0.39 is 34.3 Å². The van der Waals surface area contributed by atoms with Crippen molar-refractivity contribution in [2.24, 2.45) is 11.3 Å². The first-order valence-corrected chi connectivity index (χ1v) is 13.6. The molecule has 0 aromatic heterocycles. The molecule has 0 saturated carbocycles. The summed E-state index contributed by atoms with van der Waals surface area (Å²) >= 11 is 0. The Kier molecular flexibility index (Phi) is 12.8. The molecule has 216 valence electrons. The van der Waals surface area contributed by atoms with Gasteiger partial charge in [0.15, 0.2) is 0 Å². The molecule has 0 aromatic carbocycles. The van der Waals surface area contributed by atoms with E-state index in [9.17, 15) is 9.59 Å². The van der Waals surface area contributed by atoms with Crippen molar-refractivity contribution in [1.82, 2.24) is 0 Å². The lowest BCUT2D eigenvalue weighted by atomic mass is 9.66. The summed E-state index contributed by atoms with van der Waals surface area (Å²) < 4.78 is 24.3. The van der Waals surface area contributed by atoms with Crippen LogP contribution < -0.4 is 0 Å². The van der Waals surface area contributed by atoms with Gasteiger partial charge in [-0.2, -0.15) is 0 Å². The Labute approximate surface area is 227 Å². The fourth-order valence-electron chi connectivity index (χ4n) is 5.37. The van der Waals surface area contributed by atoms with Crippen molar-refractivity contribution < 1.29 is 28.5 Å². The lowest BCUT2D eigenvalue weighted by Gasteiger charge is -2.47. The number of esters is 2. The Balaban J connectivity index is 5.87. The average Bonchev–Trinajstić information content (AvgIpc) is 2.70. The number of ether oxygens (including phenoxy) is 4. The van der Waals surface area contributed by atoms with Crippen molar-refractivity contribution in [1.29, 1.82) is 0 Å². The molecule has 0 spiro atoms. The van der Waals surface area contributed by atoms with E-state index in [-0.39, 0.29) is 17.6 Å². The van der Waals surface area contributed by atoms with Gasteiger partial charge >= 0.3 is 11.9 Å². The molecular formula is C31H56O6. The number of carbonyl (C=O) groups excluding carboxylic acids is 2. The Morgan fingerprint density at radius 3 is 1.27 bits per heavy atom. The van der Waals surface area contributed by atoms with Gasteiger partial charge in [-0.15, -0.1) is 0 Å². The molecule has 2 unspecified atom stereocenters. The first kappa shape index (κ1) is 35.3. The van der Waals surface area contributed by atoms with Crippen molar-refractivity contribution in [2.75, 3.05) is 0 Å². The molecule has 0 aromatic rings. The third-order valence-electron chi connectivity index (χ3n) is 7.20. The standard InChI is InChI=1S/C31H56O6/c1-16-25(32)36-29(12,13)23(6)34-27(8,9)20-31(18-3,19-22(4)5)21-28(10,11)35-24(7)30(14,15)37-26(33)17-2/h16-17,22-24H,1-2,18-21H2,3-15H3. The van der Waals surface area contributed by atoms with E-state index in [0.29, 0.717) is 5.92 Å². The van der Waals surface area contributed by atoms with E-state index >= 15 is 0 Å². The highest BCUT2D eigenvalue weighted by atomic mass is 16.6. The Hall–Kier alpha value is -1.66. The van der Waals surface area contributed by atoms with Crippen molar-refractivity contribution in [3.8, 4) is 0 Å². The Morgan fingerprint density at radius 2 is 1.03 bits per heavy atom. The van der Waals surface area contributed by atoms with E-state index in [1.165, 1.54) is 12.2 Å². The lowest BCUT2D eigenvalue weighted by Crippen LogP contribution is -2.49. The van der Waals surface area contributed by atoms with Gasteiger partial charge in [0.2, 0.25) is 0 Å². The molecule has 0 rings (SSSR count). The third kappa shape index (κ3) is 12.2. The van der Waals surface area contributed by atoms with Crippen LogP contribution >= 0.6 is 0 Å². The molecule has 0 aliphatic carbocycles. The second kappa shape index (κ2) is 13.4. The topological polar surface area (TPSA) is 71.1 Å². The quantitative estimate of drug-likeness (QED) is 0.144. The summed E-state index contributed by atoms with van der Waals surface area (Å²) in [5.41, 5.74) is -2.64. The van der Waals surface area contributed by atoms with Gasteiger partial charge in [-0.1, -0.05) is 40.3 Å². The molecule has 6 nitrogen and oxygen atoms in total. The maximum absolute atomic E-state index is 11.8. The van der Waals surface area contributed by atoms with Gasteiger partial charge in [0, 0.05) is 12.2 Å². The summed E-state index contributed by atoms with van der Waals surface area (Å²) in [6.45, 7) is 33.4. The maximum Gasteiger partial charge on any atom is 0.330 e. The molecule has 0 fully saturated rings. The molecule has 0 aliphatic heterocycles. The zero-order valence-electron chi connectivity index (χ0n) is 26.1. The average molecular weight is 525 g/mol. The van der Waals surface area contributed by atoms with Gasteiger partial charge in [0.1, 0.15) is 11.2 Å². The molecule has 37 heavy (non-hydrogen) atoms. The highest BCUT2D eigenvalue weighted by Gasteiger charge is 2.44. The first-order valence-electron chi connectivity index (χ1n) is 13.6. The van der Waals surface area contributed by atoms with Gasteiger partial charge in [-0.3, -0.25) is 0 Å². The van der Waals surface area contributed by atoms with Crippen molar-refractivity contribution in [3.63, 3.8) is 0 Å². The molecule has 0 N–H and O–H groups in total. The van der Waals surface area contributed by atoms with Crippen LogP contribution in [0.25, 0.3) is 0 Å². The van der Waals surface area contributed by atoms with Gasteiger partial charge in [0.25, 0.3) is 0 Å². The van der Waals surface area contributed by atoms with Crippen LogP contribution in [0, 0.1) is 11.3 Å². The molecule has 0 aliphatic rings. The van der Waals surface area contributed by atoms with Gasteiger partial charge < -0.3 is 18.9 Å². The normalized spacial score (nSPS) is 16.5. The summed E-state index contributed by atoms with van der Waals surface area (Å²) in [6, 6.07) is 0. The van der Waals surface area contributed by atoms with Crippen LogP contribution in [-0.2, 0) is 28.5 Å². The number of hydrogen-bond donors (Lipinski definition) is 0. The monoisotopic (exact) mass is 524 g/mol. The highest BCUT2D eigenvalue weighted by molar-refractivity contribution is 5.82. The van der Waals surface area contributed by atoms with E-state index in [1.807, 2.05) is 41.5 Å². The zero-order chi connectivity index (χ0) is 29.5. The van der Waals surface area contributed by atoms with Gasteiger partial charge in [-0.05, 0) is 99.8 Å². The molecule has 0 heterocycles. The fraction of sp³-hybridized carbons (Fsp3) is 0.806. The predicted octanol–water partition coefficient (Wildman–Crippen LogP) is 7.59. The van der Waals surface area contributed by atoms with Crippen LogP contribution in [0.1, 0.15) is 116 Å². The number of carbonyl (C=O) groups is 2. The summed E-state index contributed by atoms with van der Waals surface area (Å²) in [6.07, 6.45) is 5.27. The molecule has 2 atom stereocenters. The van der Waals surface area contributed by atoms with Crippen LogP contribution in [0.2, 0.25) is 0 Å². The smallest absolute Gasteiger partial charge is 0.330 e. The van der Waals surface area contributed by atoms with Crippen molar-refractivity contribution in [2.45, 2.75) is 150 Å². The fourth-order valence-corrected chi connectivity index (χ4v) is 5.37. The number of hydrogen-bond acceptors (Lipinski definition) is 6. The van der Waals surface area contributed by atoms with E-state index in [0.717, 1.165) is 25.7 Å². The minimum absolute atomic E-state index is 0.0650. The third-order valence-corrected chi connectivity index (χ3v) is 7.20. The molecule has 6 heteroatoms. The Bertz CT molecular complexity index is 719. The molecule has 0 amide bonds. The molecule has 0 bridgehead atoms. The maximum atomic E-state index is 11.8. The summed E-state index contributed by atoms with van der Waals surface area (Å²) in [5.74, 6) is -0.442. The van der Waals surface area contributed by atoms with E-state index in [4.69, 9.17) is 18.9 Å². The second-order valence-corrected chi connectivity index (χ2v) is 13.3. The van der Waals surface area contributed by atoms with E-state index in [1.54, 1.807) is 0 Å². The molecule has 0 radical (unpaired) electrons. The Morgan fingerprint density at radius 1 is 0.703 bits per heavy atom. The minimum atomic E-state index is -0.804. The van der Waals surface area contributed by atoms with Gasteiger partial charge in [-0.25, -0.2) is 9.59 Å². The molecular weight excluding hydrogens is 468 g/mol. The SMILES string of the molecule is C=CC(=O)OC(C)(C)C(C)OC(C)(C)CC(CC)(CC(C)C)CC(C)(C)OC(C)C(C)(C)OC(=O)C=C. The minimum Gasteiger partial charge on any atom is -0.454 e. The van der Waals surface area contributed by atoms with Crippen molar-refractivity contribution in [3.05, 3.63) is 25.3 Å². The summed E-state index contributed by atoms with van der Waals surface area (Å²) in [7, 11) is 0.